The van der Waals surface area contributed by atoms with E-state index in [0.717, 1.165) is 0 Å². The van der Waals surface area contributed by atoms with Crippen molar-refractivity contribution in [2.24, 2.45) is 0 Å². The van der Waals surface area contributed by atoms with Crippen LogP contribution < -0.4 is 4.90 Å². The van der Waals surface area contributed by atoms with Crippen LogP contribution in [0.1, 0.15) is 17.2 Å². The first-order chi connectivity index (χ1) is 14.9. The van der Waals surface area contributed by atoms with Crippen molar-refractivity contribution in [3.63, 3.8) is 0 Å². The molecule has 3 aromatic rings. The number of halogens is 1. The number of nitro benzene ring substituents is 1. The predicted octanol–water partition coefficient (Wildman–Crippen LogP) is 4.98. The number of benzene rings is 3. The number of Topliss-reactive ketones (excluding diaryl/α,β-unsaturated/α-hetero) is 1. The lowest BCUT2D eigenvalue weighted by Gasteiger charge is -2.25. The molecule has 0 aliphatic carbocycles. The number of carbonyl (C=O) groups is 2. The van der Waals surface area contributed by atoms with Gasteiger partial charge in [-0.2, -0.15) is 0 Å². The minimum absolute atomic E-state index is 0.129. The maximum Gasteiger partial charge on any atom is 0.300 e. The van der Waals surface area contributed by atoms with Gasteiger partial charge in [0.25, 0.3) is 17.4 Å². The smallest absolute Gasteiger partial charge is 0.300 e. The maximum absolute atomic E-state index is 13.1. The van der Waals surface area contributed by atoms with Crippen molar-refractivity contribution >= 4 is 44.8 Å². The zero-order chi connectivity index (χ0) is 22.1. The molecule has 1 heterocycles. The molecule has 0 bridgehead atoms. The maximum atomic E-state index is 13.1. The fourth-order valence-electron chi connectivity index (χ4n) is 3.66. The number of amides is 1. The zero-order valence-corrected chi connectivity index (χ0v) is 17.5. The largest absolute Gasteiger partial charge is 0.507 e. The van der Waals surface area contributed by atoms with Gasteiger partial charge in [0.2, 0.25) is 0 Å². The first kappa shape index (κ1) is 20.5. The Morgan fingerprint density at radius 1 is 0.968 bits per heavy atom. The Balaban J connectivity index is 2.02. The summed E-state index contributed by atoms with van der Waals surface area (Å²) in [5.74, 6) is -2.18. The average Bonchev–Trinajstić information content (AvgIpc) is 3.04. The molecule has 0 aromatic heterocycles. The van der Waals surface area contributed by atoms with E-state index in [9.17, 15) is 24.8 Å². The summed E-state index contributed by atoms with van der Waals surface area (Å²) in [5, 5.41) is 22.7. The number of nitrogens with zero attached hydrogens (tertiary/aromatic N) is 2. The molecule has 1 N–H and O–H groups in total. The van der Waals surface area contributed by atoms with Crippen LogP contribution in [0.15, 0.2) is 88.9 Å². The number of nitro groups is 1. The number of para-hydroxylation sites is 1. The third-order valence-corrected chi connectivity index (χ3v) is 5.50. The summed E-state index contributed by atoms with van der Waals surface area (Å²) in [6, 6.07) is 19.7. The third kappa shape index (κ3) is 3.62. The number of hydrogen-bond donors (Lipinski definition) is 1. The quantitative estimate of drug-likeness (QED) is 0.187. The van der Waals surface area contributed by atoms with Gasteiger partial charge in [0.15, 0.2) is 0 Å². The van der Waals surface area contributed by atoms with Gasteiger partial charge in [-0.3, -0.25) is 24.6 Å². The highest BCUT2D eigenvalue weighted by molar-refractivity contribution is 9.10. The summed E-state index contributed by atoms with van der Waals surface area (Å²) in [6.45, 7) is 0. The number of rotatable bonds is 4. The Kier molecular flexibility index (Phi) is 5.39. The van der Waals surface area contributed by atoms with Crippen LogP contribution in [-0.2, 0) is 9.59 Å². The van der Waals surface area contributed by atoms with Crippen molar-refractivity contribution in [2.45, 2.75) is 6.04 Å². The number of aliphatic hydroxyl groups is 1. The summed E-state index contributed by atoms with van der Waals surface area (Å²) >= 11 is 3.35. The number of ketones is 1. The molecule has 0 spiro atoms. The molecule has 1 fully saturated rings. The van der Waals surface area contributed by atoms with Gasteiger partial charge < -0.3 is 5.11 Å². The van der Waals surface area contributed by atoms with E-state index < -0.39 is 22.7 Å². The van der Waals surface area contributed by atoms with E-state index >= 15 is 0 Å². The molecule has 8 heteroatoms. The van der Waals surface area contributed by atoms with E-state index in [1.165, 1.54) is 23.1 Å². The molecule has 1 aliphatic rings. The molecule has 1 amide bonds. The first-order valence-corrected chi connectivity index (χ1v) is 10.0. The van der Waals surface area contributed by atoms with Crippen LogP contribution in [0.5, 0.6) is 0 Å². The van der Waals surface area contributed by atoms with Crippen LogP contribution in [0.2, 0.25) is 0 Å². The second kappa shape index (κ2) is 8.16. The predicted molar refractivity (Wildman–Crippen MR) is 118 cm³/mol. The van der Waals surface area contributed by atoms with Crippen molar-refractivity contribution in [2.75, 3.05) is 4.90 Å². The van der Waals surface area contributed by atoms with E-state index in [1.807, 2.05) is 0 Å². The van der Waals surface area contributed by atoms with Gasteiger partial charge in [0, 0.05) is 21.8 Å². The van der Waals surface area contributed by atoms with Crippen LogP contribution in [-0.4, -0.2) is 21.7 Å². The highest BCUT2D eigenvalue weighted by Crippen LogP contribution is 2.45. The summed E-state index contributed by atoms with van der Waals surface area (Å²) in [7, 11) is 0. The first-order valence-electron chi connectivity index (χ1n) is 9.25. The summed E-state index contributed by atoms with van der Waals surface area (Å²) in [4.78, 5) is 38.5. The second-order valence-electron chi connectivity index (χ2n) is 6.83. The highest BCUT2D eigenvalue weighted by atomic mass is 79.9. The zero-order valence-electron chi connectivity index (χ0n) is 15.9. The minimum Gasteiger partial charge on any atom is -0.507 e. The fourth-order valence-corrected chi connectivity index (χ4v) is 4.04. The van der Waals surface area contributed by atoms with Gasteiger partial charge in [0.1, 0.15) is 11.8 Å². The number of anilines is 1. The van der Waals surface area contributed by atoms with Crippen LogP contribution in [0.4, 0.5) is 11.4 Å². The number of aliphatic hydroxyl groups excluding tert-OH is 1. The SMILES string of the molecule is O=C1C(=O)N(c2cccc(Br)c2)[C@H](c2ccccc2[N+](=O)[O-])C1=C(O)c1ccccc1. The molecule has 0 unspecified atom stereocenters. The van der Waals surface area contributed by atoms with Crippen LogP contribution in [0.25, 0.3) is 5.76 Å². The number of carbonyl (C=O) groups excluding carboxylic acids is 2. The van der Waals surface area contributed by atoms with Crippen molar-refractivity contribution in [3.8, 4) is 0 Å². The van der Waals surface area contributed by atoms with Gasteiger partial charge in [-0.25, -0.2) is 0 Å². The lowest BCUT2D eigenvalue weighted by atomic mass is 9.94. The van der Waals surface area contributed by atoms with E-state index in [1.54, 1.807) is 60.7 Å². The minimum atomic E-state index is -1.17. The summed E-state index contributed by atoms with van der Waals surface area (Å²) < 4.78 is 0.663. The molecule has 1 saturated heterocycles. The van der Waals surface area contributed by atoms with E-state index in [2.05, 4.69) is 15.9 Å². The summed E-state index contributed by atoms with van der Waals surface area (Å²) in [6.07, 6.45) is 0. The number of hydrogen-bond acceptors (Lipinski definition) is 5. The normalized spacial score (nSPS) is 17.7. The Bertz CT molecular complexity index is 1240. The molecule has 154 valence electrons. The average molecular weight is 479 g/mol. The monoisotopic (exact) mass is 478 g/mol. The topological polar surface area (TPSA) is 101 Å². The van der Waals surface area contributed by atoms with E-state index in [4.69, 9.17) is 0 Å². The van der Waals surface area contributed by atoms with Gasteiger partial charge in [-0.15, -0.1) is 0 Å². The van der Waals surface area contributed by atoms with E-state index in [-0.39, 0.29) is 22.6 Å². The van der Waals surface area contributed by atoms with Crippen molar-refractivity contribution < 1.29 is 19.6 Å². The molecule has 31 heavy (non-hydrogen) atoms. The van der Waals surface area contributed by atoms with Gasteiger partial charge in [-0.1, -0.05) is 64.5 Å². The van der Waals surface area contributed by atoms with Crippen LogP contribution in [0.3, 0.4) is 0 Å². The third-order valence-electron chi connectivity index (χ3n) is 5.01. The molecule has 1 atom stereocenters. The molecule has 0 saturated carbocycles. The molecular weight excluding hydrogens is 464 g/mol. The van der Waals surface area contributed by atoms with Crippen molar-refractivity contribution in [1.29, 1.82) is 0 Å². The Labute approximate surface area is 185 Å². The summed E-state index contributed by atoms with van der Waals surface area (Å²) in [5.41, 5.74) is 0.369. The molecular formula is C23H15BrN2O5. The van der Waals surface area contributed by atoms with Gasteiger partial charge >= 0.3 is 0 Å². The Morgan fingerprint density at radius 3 is 2.32 bits per heavy atom. The molecule has 4 rings (SSSR count). The van der Waals surface area contributed by atoms with Gasteiger partial charge in [0.05, 0.1) is 16.1 Å². The van der Waals surface area contributed by atoms with E-state index in [0.29, 0.717) is 15.7 Å². The highest BCUT2D eigenvalue weighted by Gasteiger charge is 2.48. The van der Waals surface area contributed by atoms with Crippen LogP contribution >= 0.6 is 15.9 Å². The Morgan fingerprint density at radius 2 is 1.65 bits per heavy atom. The van der Waals surface area contributed by atoms with Crippen molar-refractivity contribution in [1.82, 2.24) is 0 Å². The van der Waals surface area contributed by atoms with Gasteiger partial charge in [-0.05, 0) is 24.3 Å². The Hall–Kier alpha value is -3.78. The molecule has 7 nitrogen and oxygen atoms in total. The lowest BCUT2D eigenvalue weighted by molar-refractivity contribution is -0.385. The fraction of sp³-hybridized carbons (Fsp3) is 0.0435. The standard InChI is InChI=1S/C23H15BrN2O5/c24-15-9-6-10-16(13-15)25-20(17-11-4-5-12-18(17)26(30)31)19(22(28)23(25)29)21(27)14-7-2-1-3-8-14/h1-13,20,27H/t20-/m1/s1. The molecule has 1 aliphatic heterocycles. The second-order valence-corrected chi connectivity index (χ2v) is 7.75. The molecule has 0 radical (unpaired) electrons. The van der Waals surface area contributed by atoms with Crippen molar-refractivity contribution in [3.05, 3.63) is 110 Å². The lowest BCUT2D eigenvalue weighted by Crippen LogP contribution is -2.29. The van der Waals surface area contributed by atoms with Crippen LogP contribution in [0, 0.1) is 10.1 Å². The molecule has 3 aromatic carbocycles.